The van der Waals surface area contributed by atoms with Crippen molar-refractivity contribution in [3.8, 4) is 11.5 Å². The quantitative estimate of drug-likeness (QED) is 0.227. The zero-order valence-electron chi connectivity index (χ0n) is 23.3. The van der Waals surface area contributed by atoms with Gasteiger partial charge in [-0.2, -0.15) is 13.2 Å². The summed E-state index contributed by atoms with van der Waals surface area (Å²) in [6.45, 7) is 5.58. The van der Waals surface area contributed by atoms with Crippen molar-refractivity contribution in [2.24, 2.45) is 5.41 Å². The highest BCUT2D eigenvalue weighted by Crippen LogP contribution is 2.55. The first-order valence-electron chi connectivity index (χ1n) is 12.8. The zero-order chi connectivity index (χ0) is 29.6. The van der Waals surface area contributed by atoms with Crippen LogP contribution in [0.2, 0.25) is 0 Å². The van der Waals surface area contributed by atoms with E-state index >= 15 is 0 Å². The molecule has 1 heterocycles. The Morgan fingerprint density at radius 2 is 1.73 bits per heavy atom. The number of nitrogens with two attached hydrogens (primary N) is 1. The summed E-state index contributed by atoms with van der Waals surface area (Å²) in [6, 6.07) is 6.13. The lowest BCUT2D eigenvalue weighted by atomic mass is 9.62. The summed E-state index contributed by atoms with van der Waals surface area (Å²) in [5.41, 5.74) is 5.00. The third kappa shape index (κ3) is 6.16. The van der Waals surface area contributed by atoms with Crippen LogP contribution in [0.3, 0.4) is 0 Å². The van der Waals surface area contributed by atoms with Gasteiger partial charge in [0.15, 0.2) is 11.5 Å². The van der Waals surface area contributed by atoms with Crippen LogP contribution in [-0.2, 0) is 6.18 Å². The predicted molar refractivity (Wildman–Crippen MR) is 144 cm³/mol. The summed E-state index contributed by atoms with van der Waals surface area (Å²) >= 11 is 0. The largest absolute Gasteiger partial charge is 0.493 e. The lowest BCUT2D eigenvalue weighted by molar-refractivity contribution is -0.196. The number of benzene rings is 2. The average Bonchev–Trinajstić information content (AvgIpc) is 2.81. The van der Waals surface area contributed by atoms with E-state index in [4.69, 9.17) is 15.2 Å². The van der Waals surface area contributed by atoms with Crippen LogP contribution in [0.25, 0.3) is 10.9 Å². The molecule has 0 saturated heterocycles. The van der Waals surface area contributed by atoms with Crippen molar-refractivity contribution < 1.29 is 31.4 Å². The number of ether oxygens (including phenoxy) is 2. The number of nitrogens with one attached hydrogen (secondary N) is 1. The van der Waals surface area contributed by atoms with Crippen LogP contribution in [0.15, 0.2) is 30.3 Å². The maximum Gasteiger partial charge on any atom is 0.416 e. The van der Waals surface area contributed by atoms with E-state index in [1.165, 1.54) is 13.2 Å². The molecule has 0 bridgehead atoms. The first kappa shape index (κ1) is 29.6. The number of fused-ring (bicyclic) bond motifs is 1. The molecule has 2 atom stereocenters. The lowest BCUT2D eigenvalue weighted by Gasteiger charge is -2.51. The van der Waals surface area contributed by atoms with Crippen LogP contribution in [0.4, 0.5) is 33.5 Å². The maximum absolute atomic E-state index is 14.0. The lowest BCUT2D eigenvalue weighted by Crippen LogP contribution is -2.58. The molecule has 0 spiro atoms. The minimum Gasteiger partial charge on any atom is -0.493 e. The van der Waals surface area contributed by atoms with Gasteiger partial charge in [0, 0.05) is 41.9 Å². The Balaban J connectivity index is 1.70. The van der Waals surface area contributed by atoms with Gasteiger partial charge in [-0.25, -0.2) is 18.7 Å². The van der Waals surface area contributed by atoms with Gasteiger partial charge in [-0.05, 0) is 64.7 Å². The Bertz CT molecular complexity index is 1380. The van der Waals surface area contributed by atoms with E-state index in [9.17, 15) is 22.0 Å². The van der Waals surface area contributed by atoms with Crippen molar-refractivity contribution in [1.29, 1.82) is 0 Å². The van der Waals surface area contributed by atoms with Crippen LogP contribution < -0.4 is 20.5 Å². The van der Waals surface area contributed by atoms with E-state index in [1.807, 2.05) is 19.0 Å². The van der Waals surface area contributed by atoms with Gasteiger partial charge in [0.1, 0.15) is 17.7 Å². The van der Waals surface area contributed by atoms with Gasteiger partial charge in [-0.15, -0.1) is 0 Å². The van der Waals surface area contributed by atoms with Crippen molar-refractivity contribution in [3.05, 3.63) is 47.3 Å². The Morgan fingerprint density at radius 3 is 2.30 bits per heavy atom. The topological polar surface area (TPSA) is 85.5 Å². The second kappa shape index (κ2) is 10.5. The minimum absolute atomic E-state index is 0.00941. The van der Waals surface area contributed by atoms with Gasteiger partial charge in [-0.3, -0.25) is 0 Å². The van der Waals surface area contributed by atoms with E-state index in [1.54, 1.807) is 32.9 Å². The van der Waals surface area contributed by atoms with E-state index < -0.39 is 35.2 Å². The molecule has 0 amide bonds. The van der Waals surface area contributed by atoms with E-state index in [0.717, 1.165) is 12.1 Å². The number of methoxy groups -OCH3 is 1. The third-order valence-electron chi connectivity index (χ3n) is 7.27. The number of hydrogen-bond donors (Lipinski definition) is 2. The highest BCUT2D eigenvalue weighted by Gasteiger charge is 2.60. The summed E-state index contributed by atoms with van der Waals surface area (Å²) in [5.74, 6) is -1.26. The molecule has 7 nitrogen and oxygen atoms in total. The number of rotatable bonds is 9. The molecule has 3 aromatic rings. The molecule has 40 heavy (non-hydrogen) atoms. The Labute approximate surface area is 229 Å². The molecule has 1 fully saturated rings. The third-order valence-corrected chi connectivity index (χ3v) is 7.27. The van der Waals surface area contributed by atoms with Crippen molar-refractivity contribution >= 4 is 22.4 Å². The molecular formula is C28H34F5N5O2. The number of alkyl halides is 5. The van der Waals surface area contributed by atoms with Crippen LogP contribution in [0, 0.1) is 12.3 Å². The molecule has 4 rings (SSSR count). The average molecular weight is 568 g/mol. The maximum atomic E-state index is 14.0. The molecular weight excluding hydrogens is 533 g/mol. The smallest absolute Gasteiger partial charge is 0.416 e. The summed E-state index contributed by atoms with van der Waals surface area (Å²) < 4.78 is 80.0. The molecule has 1 aliphatic rings. The van der Waals surface area contributed by atoms with E-state index in [2.05, 4.69) is 15.3 Å². The molecule has 1 aliphatic carbocycles. The molecule has 0 unspecified atom stereocenters. The summed E-state index contributed by atoms with van der Waals surface area (Å²) in [6.07, 6.45) is -5.70. The molecule has 2 aromatic carbocycles. The fraction of sp³-hybridized carbons (Fsp3) is 0.500. The first-order chi connectivity index (χ1) is 18.5. The van der Waals surface area contributed by atoms with Crippen molar-refractivity contribution in [3.63, 3.8) is 0 Å². The number of nitrogen functional groups attached to an aromatic ring is 1. The highest BCUT2D eigenvalue weighted by atomic mass is 19.4. The van der Waals surface area contributed by atoms with Gasteiger partial charge in [-0.1, -0.05) is 0 Å². The second-order valence-electron chi connectivity index (χ2n) is 11.0. The molecule has 0 radical (unpaired) electrons. The number of hydrogen-bond acceptors (Lipinski definition) is 7. The Hall–Kier alpha value is -3.41. The standard InChI is InChI=1S/C28H34F5N5O2/c1-15(18-7-19(28(31,32)33)9-20(34)8-18)35-25-21-10-24(23(39-6)11-22(21)36-17(3)37-25)40-16(2)26(14-38(4)5)12-27(29,30)13-26/h7-11,15-16H,12-14,34H2,1-6H3,(H,35,36,37)/t15-,16+/m1/s1. The van der Waals surface area contributed by atoms with Gasteiger partial charge >= 0.3 is 6.18 Å². The zero-order valence-corrected chi connectivity index (χ0v) is 23.3. The normalized spacial score (nSPS) is 17.8. The van der Waals surface area contributed by atoms with Gasteiger partial charge in [0.2, 0.25) is 5.92 Å². The number of nitrogens with zero attached hydrogens (tertiary/aromatic N) is 3. The Morgan fingerprint density at radius 1 is 1.05 bits per heavy atom. The fourth-order valence-electron chi connectivity index (χ4n) is 5.44. The van der Waals surface area contributed by atoms with E-state index in [0.29, 0.717) is 46.2 Å². The molecule has 0 aliphatic heterocycles. The van der Waals surface area contributed by atoms with Gasteiger partial charge < -0.3 is 25.4 Å². The highest BCUT2D eigenvalue weighted by molar-refractivity contribution is 5.92. The SMILES string of the molecule is COc1cc2nc(C)nc(N[C@H](C)c3cc(N)cc(C(F)(F)F)c3)c2cc1O[C@@H](C)C1(CN(C)C)CC(F)(F)C1. The van der Waals surface area contributed by atoms with Gasteiger partial charge in [0.05, 0.1) is 24.2 Å². The molecule has 1 saturated carbocycles. The first-order valence-corrected chi connectivity index (χ1v) is 12.8. The molecule has 12 heteroatoms. The Kier molecular flexibility index (Phi) is 7.78. The van der Waals surface area contributed by atoms with Crippen LogP contribution in [0.1, 0.15) is 49.7 Å². The summed E-state index contributed by atoms with van der Waals surface area (Å²) in [7, 11) is 5.13. The van der Waals surface area contributed by atoms with Crippen LogP contribution in [-0.4, -0.2) is 54.6 Å². The van der Waals surface area contributed by atoms with E-state index in [-0.39, 0.29) is 18.5 Å². The number of halogens is 5. The van der Waals surface area contributed by atoms with Crippen molar-refractivity contribution in [2.45, 2.75) is 57.9 Å². The van der Waals surface area contributed by atoms with Crippen molar-refractivity contribution in [2.75, 3.05) is 38.8 Å². The molecule has 1 aromatic heterocycles. The summed E-state index contributed by atoms with van der Waals surface area (Å²) in [4.78, 5) is 10.8. The summed E-state index contributed by atoms with van der Waals surface area (Å²) in [5, 5.41) is 3.71. The van der Waals surface area contributed by atoms with Gasteiger partial charge in [0.25, 0.3) is 0 Å². The molecule has 218 valence electrons. The van der Waals surface area contributed by atoms with Crippen LogP contribution in [0.5, 0.6) is 11.5 Å². The fourth-order valence-corrected chi connectivity index (χ4v) is 5.44. The minimum atomic E-state index is -4.55. The molecule has 3 N–H and O–H groups in total. The number of anilines is 2. The number of aromatic nitrogens is 2. The second-order valence-corrected chi connectivity index (χ2v) is 11.0. The number of aryl methyl sites for hydroxylation is 1. The predicted octanol–water partition coefficient (Wildman–Crippen LogP) is 6.47. The monoisotopic (exact) mass is 567 g/mol. The van der Waals surface area contributed by atoms with Crippen LogP contribution >= 0.6 is 0 Å². The van der Waals surface area contributed by atoms with Crippen molar-refractivity contribution in [1.82, 2.24) is 14.9 Å².